The minimum atomic E-state index is -0.467. The lowest BCUT2D eigenvalue weighted by Gasteiger charge is -2.08. The maximum Gasteiger partial charge on any atom is 0.143 e. The van der Waals surface area contributed by atoms with E-state index < -0.39 is 5.82 Å². The van der Waals surface area contributed by atoms with Gasteiger partial charge in [0.2, 0.25) is 0 Å². The van der Waals surface area contributed by atoms with E-state index in [1.807, 2.05) is 19.9 Å². The molecule has 0 amide bonds. The number of allylic oxidation sites excluding steroid dienone is 1. The summed E-state index contributed by atoms with van der Waals surface area (Å²) in [7, 11) is 0. The molecule has 0 aliphatic rings. The van der Waals surface area contributed by atoms with Gasteiger partial charge in [0.05, 0.1) is 16.4 Å². The lowest BCUT2D eigenvalue weighted by molar-refractivity contribution is 0.629. The van der Waals surface area contributed by atoms with Crippen molar-refractivity contribution < 1.29 is 4.39 Å². The Hall–Kier alpha value is -1.22. The first-order valence-corrected chi connectivity index (χ1v) is 5.00. The highest BCUT2D eigenvalue weighted by Crippen LogP contribution is 2.25. The first kappa shape index (κ1) is 11.9. The van der Waals surface area contributed by atoms with E-state index in [1.165, 1.54) is 17.7 Å². The van der Waals surface area contributed by atoms with E-state index in [-0.39, 0.29) is 5.02 Å². The third-order valence-corrected chi connectivity index (χ3v) is 2.18. The van der Waals surface area contributed by atoms with Crippen molar-refractivity contribution in [2.75, 3.05) is 17.6 Å². The number of benzene rings is 1. The van der Waals surface area contributed by atoms with Gasteiger partial charge in [0, 0.05) is 12.6 Å². The molecule has 0 atom stereocenters. The van der Waals surface area contributed by atoms with Crippen LogP contribution in [-0.4, -0.2) is 6.54 Å². The van der Waals surface area contributed by atoms with Crippen molar-refractivity contribution in [2.45, 2.75) is 13.8 Å². The highest BCUT2D eigenvalue weighted by atomic mass is 35.5. The molecule has 0 radical (unpaired) electrons. The van der Waals surface area contributed by atoms with Gasteiger partial charge in [-0.2, -0.15) is 0 Å². The molecule has 0 fully saturated rings. The van der Waals surface area contributed by atoms with Crippen molar-refractivity contribution in [1.82, 2.24) is 0 Å². The minimum absolute atomic E-state index is 0.0419. The summed E-state index contributed by atoms with van der Waals surface area (Å²) in [5, 5.41) is 3.05. The van der Waals surface area contributed by atoms with Crippen LogP contribution in [0.5, 0.6) is 0 Å². The van der Waals surface area contributed by atoms with Crippen LogP contribution in [0.1, 0.15) is 13.8 Å². The molecule has 15 heavy (non-hydrogen) atoms. The topological polar surface area (TPSA) is 38.0 Å². The molecule has 1 aromatic carbocycles. The van der Waals surface area contributed by atoms with E-state index in [2.05, 4.69) is 5.32 Å². The van der Waals surface area contributed by atoms with Gasteiger partial charge >= 0.3 is 0 Å². The molecule has 0 heterocycles. The number of nitrogen functional groups attached to an aromatic ring is 1. The molecule has 0 bridgehead atoms. The van der Waals surface area contributed by atoms with E-state index in [1.54, 1.807) is 0 Å². The number of hydrogen-bond donors (Lipinski definition) is 2. The highest BCUT2D eigenvalue weighted by Gasteiger charge is 2.04. The van der Waals surface area contributed by atoms with Crippen LogP contribution in [0.4, 0.5) is 15.8 Å². The summed E-state index contributed by atoms with van der Waals surface area (Å²) in [5.41, 5.74) is 7.88. The van der Waals surface area contributed by atoms with Crippen LogP contribution in [0.3, 0.4) is 0 Å². The molecule has 1 aromatic rings. The van der Waals surface area contributed by atoms with E-state index in [4.69, 9.17) is 17.3 Å². The standard InChI is InChI=1S/C11H14ClFN2/c1-7(2)3-4-15-11-6-9(13)8(12)5-10(11)14/h3,5-6,15H,4,14H2,1-2H3. The molecular formula is C11H14ClFN2. The summed E-state index contributed by atoms with van der Waals surface area (Å²) in [5.74, 6) is -0.467. The molecule has 0 saturated carbocycles. The van der Waals surface area contributed by atoms with Gasteiger partial charge in [0.1, 0.15) is 5.82 Å². The summed E-state index contributed by atoms with van der Waals surface area (Å²) < 4.78 is 13.1. The monoisotopic (exact) mass is 228 g/mol. The van der Waals surface area contributed by atoms with Gasteiger partial charge in [0.15, 0.2) is 0 Å². The van der Waals surface area contributed by atoms with Crippen molar-refractivity contribution in [2.24, 2.45) is 0 Å². The van der Waals surface area contributed by atoms with Crippen molar-refractivity contribution >= 4 is 23.0 Å². The molecule has 0 aliphatic heterocycles. The molecule has 82 valence electrons. The van der Waals surface area contributed by atoms with Crippen molar-refractivity contribution in [1.29, 1.82) is 0 Å². The average Bonchev–Trinajstić information content (AvgIpc) is 2.13. The number of halogens is 2. The maximum atomic E-state index is 13.1. The van der Waals surface area contributed by atoms with Gasteiger partial charge in [0.25, 0.3) is 0 Å². The fraction of sp³-hybridized carbons (Fsp3) is 0.273. The van der Waals surface area contributed by atoms with Crippen LogP contribution >= 0.6 is 11.6 Å². The smallest absolute Gasteiger partial charge is 0.143 e. The number of hydrogen-bond acceptors (Lipinski definition) is 2. The molecule has 0 unspecified atom stereocenters. The SMILES string of the molecule is CC(C)=CCNc1cc(F)c(Cl)cc1N. The second-order valence-electron chi connectivity index (χ2n) is 3.52. The van der Waals surface area contributed by atoms with Gasteiger partial charge in [-0.15, -0.1) is 0 Å². The third kappa shape index (κ3) is 3.44. The fourth-order valence-electron chi connectivity index (χ4n) is 1.08. The highest BCUT2D eigenvalue weighted by molar-refractivity contribution is 6.31. The number of rotatable bonds is 3. The summed E-state index contributed by atoms with van der Waals surface area (Å²) in [4.78, 5) is 0. The Morgan fingerprint density at radius 2 is 2.20 bits per heavy atom. The molecule has 0 spiro atoms. The van der Waals surface area contributed by atoms with E-state index >= 15 is 0 Å². The molecule has 0 saturated heterocycles. The Labute approximate surface area is 93.9 Å². The van der Waals surface area contributed by atoms with Crippen LogP contribution in [0.15, 0.2) is 23.8 Å². The molecule has 1 rings (SSSR count). The number of nitrogens with two attached hydrogens (primary N) is 1. The van der Waals surface area contributed by atoms with E-state index in [0.717, 1.165) is 0 Å². The predicted octanol–water partition coefficient (Wildman–Crippen LogP) is 3.44. The van der Waals surface area contributed by atoms with Gasteiger partial charge in [-0.3, -0.25) is 0 Å². The third-order valence-electron chi connectivity index (χ3n) is 1.90. The lowest BCUT2D eigenvalue weighted by Crippen LogP contribution is -2.03. The minimum Gasteiger partial charge on any atom is -0.397 e. The molecule has 0 aliphatic carbocycles. The fourth-order valence-corrected chi connectivity index (χ4v) is 1.25. The molecule has 4 heteroatoms. The van der Waals surface area contributed by atoms with Gasteiger partial charge in [-0.25, -0.2) is 4.39 Å². The van der Waals surface area contributed by atoms with Crippen molar-refractivity contribution in [3.63, 3.8) is 0 Å². The first-order chi connectivity index (χ1) is 7.00. The quantitative estimate of drug-likeness (QED) is 0.614. The van der Waals surface area contributed by atoms with Crippen LogP contribution < -0.4 is 11.1 Å². The van der Waals surface area contributed by atoms with Crippen LogP contribution in [0.2, 0.25) is 5.02 Å². The first-order valence-electron chi connectivity index (χ1n) is 4.62. The van der Waals surface area contributed by atoms with Crippen LogP contribution in [0, 0.1) is 5.82 Å². The zero-order valence-electron chi connectivity index (χ0n) is 8.77. The molecular weight excluding hydrogens is 215 g/mol. The molecule has 3 N–H and O–H groups in total. The predicted molar refractivity (Wildman–Crippen MR) is 63.7 cm³/mol. The molecule has 2 nitrogen and oxygen atoms in total. The second kappa shape index (κ2) is 5.03. The Kier molecular flexibility index (Phi) is 3.97. The van der Waals surface area contributed by atoms with Crippen molar-refractivity contribution in [3.8, 4) is 0 Å². The Balaban J connectivity index is 2.77. The average molecular weight is 229 g/mol. The van der Waals surface area contributed by atoms with Gasteiger partial charge < -0.3 is 11.1 Å². The number of anilines is 2. The van der Waals surface area contributed by atoms with E-state index in [9.17, 15) is 4.39 Å². The van der Waals surface area contributed by atoms with Gasteiger partial charge in [-0.1, -0.05) is 23.3 Å². The zero-order chi connectivity index (χ0) is 11.4. The maximum absolute atomic E-state index is 13.1. The van der Waals surface area contributed by atoms with Crippen LogP contribution in [0.25, 0.3) is 0 Å². The summed E-state index contributed by atoms with van der Waals surface area (Å²) in [6.07, 6.45) is 1.99. The van der Waals surface area contributed by atoms with Gasteiger partial charge in [-0.05, 0) is 19.9 Å². The Morgan fingerprint density at radius 1 is 1.53 bits per heavy atom. The second-order valence-corrected chi connectivity index (χ2v) is 3.92. The number of nitrogens with one attached hydrogen (secondary N) is 1. The summed E-state index contributed by atoms with van der Waals surface area (Å²) in [6, 6.07) is 2.71. The normalized spacial score (nSPS) is 9.87. The zero-order valence-corrected chi connectivity index (χ0v) is 9.53. The lowest BCUT2D eigenvalue weighted by atomic mass is 10.2. The van der Waals surface area contributed by atoms with E-state index in [0.29, 0.717) is 17.9 Å². The van der Waals surface area contributed by atoms with Crippen molar-refractivity contribution in [3.05, 3.63) is 34.6 Å². The Bertz CT molecular complexity index is 384. The summed E-state index contributed by atoms with van der Waals surface area (Å²) in [6.45, 7) is 4.61. The summed E-state index contributed by atoms with van der Waals surface area (Å²) >= 11 is 5.58. The Morgan fingerprint density at radius 3 is 2.80 bits per heavy atom. The largest absolute Gasteiger partial charge is 0.397 e. The van der Waals surface area contributed by atoms with Crippen LogP contribution in [-0.2, 0) is 0 Å². The molecule has 0 aromatic heterocycles.